The molecule has 0 aromatic rings. The van der Waals surface area contributed by atoms with Crippen LogP contribution in [-0.2, 0) is 14.3 Å². The van der Waals surface area contributed by atoms with Gasteiger partial charge in [-0.15, -0.1) is 0 Å². The Morgan fingerprint density at radius 2 is 0.619 bits per heavy atom. The molecule has 1 N–H and O–H groups in total. The van der Waals surface area contributed by atoms with Crippen molar-refractivity contribution in [3.63, 3.8) is 0 Å². The highest BCUT2D eigenvalue weighted by atomic mass is 16.5. The van der Waals surface area contributed by atoms with Gasteiger partial charge in [0, 0.05) is 12.8 Å². The molecule has 0 aromatic carbocycles. The summed E-state index contributed by atoms with van der Waals surface area (Å²) < 4.78 is 4.92. The van der Waals surface area contributed by atoms with Crippen molar-refractivity contribution in [1.29, 1.82) is 0 Å². The maximum Gasteiger partial charge on any atom is 0.305 e. The highest BCUT2D eigenvalue weighted by molar-refractivity contribution is 5.69. The second-order valence-corrected chi connectivity index (χ2v) is 12.6. The number of esters is 1. The zero-order chi connectivity index (χ0) is 31.2. The van der Waals surface area contributed by atoms with Crippen molar-refractivity contribution in [3.8, 4) is 0 Å². The van der Waals surface area contributed by atoms with Gasteiger partial charge in [0.25, 0.3) is 0 Å². The first kappa shape index (κ1) is 43.1. The number of hydrogen-bond donors (Lipinski definition) is 1. The number of carboxylic acids is 1. The van der Waals surface area contributed by atoms with Gasteiger partial charge in [-0.3, -0.25) is 9.59 Å². The third-order valence-electron chi connectivity index (χ3n) is 8.28. The molecule has 0 unspecified atom stereocenters. The van der Waals surface area contributed by atoms with E-state index in [-0.39, 0.29) is 5.97 Å². The molecule has 0 heterocycles. The van der Waals surface area contributed by atoms with Crippen molar-refractivity contribution in [2.24, 2.45) is 0 Å². The average Bonchev–Trinajstić information content (AvgIpc) is 2.97. The van der Waals surface area contributed by atoms with Crippen LogP contribution in [0.2, 0.25) is 0 Å². The molecule has 0 amide bonds. The fraction of sp³-hybridized carbons (Fsp3) is 0.947. The molecule has 0 bridgehead atoms. The van der Waals surface area contributed by atoms with Gasteiger partial charge in [-0.25, -0.2) is 0 Å². The van der Waals surface area contributed by atoms with E-state index in [9.17, 15) is 9.59 Å². The first-order valence-corrected chi connectivity index (χ1v) is 19.0. The Balaban J connectivity index is 0. The third kappa shape index (κ3) is 43.4. The lowest BCUT2D eigenvalue weighted by molar-refractivity contribution is -0.143. The van der Waals surface area contributed by atoms with Crippen LogP contribution in [0.5, 0.6) is 0 Å². The number of ether oxygens (including phenoxy) is 1. The summed E-state index contributed by atoms with van der Waals surface area (Å²) in [7, 11) is 0. The van der Waals surface area contributed by atoms with Crippen LogP contribution in [0.25, 0.3) is 0 Å². The number of rotatable bonds is 33. The molecule has 0 atom stereocenters. The molecule has 4 nitrogen and oxygen atoms in total. The highest BCUT2D eigenvalue weighted by Gasteiger charge is 2.01. The Morgan fingerprint density at radius 3 is 0.857 bits per heavy atom. The molecule has 0 aliphatic rings. The normalized spacial score (nSPS) is 10.8. The Kier molecular flexibility index (Phi) is 41.0. The maximum absolute atomic E-state index is 11.2. The molecular weight excluding hydrogens is 520 g/mol. The van der Waals surface area contributed by atoms with E-state index < -0.39 is 5.97 Å². The van der Waals surface area contributed by atoms with E-state index in [2.05, 4.69) is 13.8 Å². The highest BCUT2D eigenvalue weighted by Crippen LogP contribution is 2.15. The molecule has 42 heavy (non-hydrogen) atoms. The van der Waals surface area contributed by atoms with Gasteiger partial charge in [0.1, 0.15) is 0 Å². The standard InChI is InChI=1S/C20H40O2.C18H36O2/c1-3-5-6-7-8-9-10-11-12-13-14-15-16-17-18-19-20(21)22-4-2;1-2-3-4-5-6-7-8-9-10-11-12-13-14-15-16-17-18(19)20/h3-19H2,1-2H3;2-17H2,1H3,(H,19,20). The van der Waals surface area contributed by atoms with Crippen molar-refractivity contribution < 1.29 is 19.4 Å². The fourth-order valence-corrected chi connectivity index (χ4v) is 5.52. The van der Waals surface area contributed by atoms with Gasteiger partial charge in [0.15, 0.2) is 0 Å². The van der Waals surface area contributed by atoms with Crippen LogP contribution in [0, 0.1) is 0 Å². The molecule has 0 fully saturated rings. The van der Waals surface area contributed by atoms with Crippen molar-refractivity contribution in [2.45, 2.75) is 226 Å². The average molecular weight is 597 g/mol. The maximum atomic E-state index is 11.2. The monoisotopic (exact) mass is 597 g/mol. The SMILES string of the molecule is CCCCCCCCCCCCCCCCCC(=O)O.CCCCCCCCCCCCCCCCCC(=O)OCC. The number of carboxylic acid groups (broad SMARTS) is 1. The number of hydrogen-bond acceptors (Lipinski definition) is 3. The lowest BCUT2D eigenvalue weighted by atomic mass is 10.0. The van der Waals surface area contributed by atoms with Gasteiger partial charge in [0.2, 0.25) is 0 Å². The smallest absolute Gasteiger partial charge is 0.305 e. The molecule has 0 spiro atoms. The first-order chi connectivity index (χ1) is 20.6. The Bertz CT molecular complexity index is 519. The minimum atomic E-state index is -0.653. The van der Waals surface area contributed by atoms with E-state index in [0.717, 1.165) is 19.3 Å². The Labute approximate surface area is 263 Å². The zero-order valence-electron chi connectivity index (χ0n) is 29.0. The van der Waals surface area contributed by atoms with Crippen molar-refractivity contribution >= 4 is 11.9 Å². The van der Waals surface area contributed by atoms with Crippen LogP contribution in [-0.4, -0.2) is 23.7 Å². The second-order valence-electron chi connectivity index (χ2n) is 12.6. The van der Waals surface area contributed by atoms with Gasteiger partial charge in [-0.05, 0) is 19.8 Å². The summed E-state index contributed by atoms with van der Waals surface area (Å²) >= 11 is 0. The molecule has 0 saturated heterocycles. The Morgan fingerprint density at radius 1 is 0.381 bits per heavy atom. The van der Waals surface area contributed by atoms with Crippen LogP contribution in [0.3, 0.4) is 0 Å². The third-order valence-corrected chi connectivity index (χ3v) is 8.28. The minimum absolute atomic E-state index is 0.0304. The Hall–Kier alpha value is -1.06. The van der Waals surface area contributed by atoms with E-state index in [1.54, 1.807) is 0 Å². The molecule has 0 radical (unpaired) electrons. The molecule has 0 rings (SSSR count). The topological polar surface area (TPSA) is 63.6 Å². The minimum Gasteiger partial charge on any atom is -0.481 e. The summed E-state index contributed by atoms with van der Waals surface area (Å²) in [4.78, 5) is 21.5. The molecule has 0 aliphatic heterocycles. The van der Waals surface area contributed by atoms with E-state index in [4.69, 9.17) is 9.84 Å². The number of carbonyl (C=O) groups excluding carboxylic acids is 1. The van der Waals surface area contributed by atoms with Crippen LogP contribution in [0.1, 0.15) is 226 Å². The lowest BCUT2D eigenvalue weighted by Crippen LogP contribution is -2.03. The summed E-state index contributed by atoms with van der Waals surface area (Å²) in [5.41, 5.74) is 0. The van der Waals surface area contributed by atoms with Gasteiger partial charge in [-0.1, -0.05) is 194 Å². The van der Waals surface area contributed by atoms with Crippen LogP contribution in [0.15, 0.2) is 0 Å². The predicted molar refractivity (Wildman–Crippen MR) is 183 cm³/mol. The van der Waals surface area contributed by atoms with Crippen LogP contribution >= 0.6 is 0 Å². The lowest BCUT2D eigenvalue weighted by Gasteiger charge is -2.03. The number of aliphatic carboxylic acids is 1. The summed E-state index contributed by atoms with van der Waals surface area (Å²) in [6.07, 6.45) is 41.2. The second kappa shape index (κ2) is 39.9. The molecule has 252 valence electrons. The van der Waals surface area contributed by atoms with Gasteiger partial charge in [-0.2, -0.15) is 0 Å². The van der Waals surface area contributed by atoms with Crippen LogP contribution in [0.4, 0.5) is 0 Å². The molecule has 4 heteroatoms. The molecular formula is C38H76O4. The van der Waals surface area contributed by atoms with Crippen LogP contribution < -0.4 is 0 Å². The van der Waals surface area contributed by atoms with Crippen molar-refractivity contribution in [3.05, 3.63) is 0 Å². The summed E-state index contributed by atoms with van der Waals surface area (Å²) in [6.45, 7) is 6.93. The largest absolute Gasteiger partial charge is 0.481 e. The summed E-state index contributed by atoms with van der Waals surface area (Å²) in [6, 6.07) is 0. The zero-order valence-corrected chi connectivity index (χ0v) is 29.0. The van der Waals surface area contributed by atoms with Gasteiger partial charge >= 0.3 is 11.9 Å². The van der Waals surface area contributed by atoms with Crippen molar-refractivity contribution in [1.82, 2.24) is 0 Å². The molecule has 0 aromatic heterocycles. The van der Waals surface area contributed by atoms with E-state index in [1.807, 2.05) is 6.92 Å². The summed E-state index contributed by atoms with van der Waals surface area (Å²) in [5.74, 6) is -0.683. The summed E-state index contributed by atoms with van der Waals surface area (Å²) in [5, 5.41) is 8.52. The number of unbranched alkanes of at least 4 members (excludes halogenated alkanes) is 28. The molecule has 0 aliphatic carbocycles. The van der Waals surface area contributed by atoms with Gasteiger partial charge in [0.05, 0.1) is 6.61 Å². The van der Waals surface area contributed by atoms with Crippen molar-refractivity contribution in [2.75, 3.05) is 6.61 Å². The number of carbonyl (C=O) groups is 2. The molecule has 0 saturated carbocycles. The fourth-order valence-electron chi connectivity index (χ4n) is 5.52. The quantitative estimate of drug-likeness (QED) is 0.0604. The van der Waals surface area contributed by atoms with E-state index in [1.165, 1.54) is 173 Å². The predicted octanol–water partition coefficient (Wildman–Crippen LogP) is 13.1. The van der Waals surface area contributed by atoms with E-state index >= 15 is 0 Å². The first-order valence-electron chi connectivity index (χ1n) is 19.0. The van der Waals surface area contributed by atoms with E-state index in [0.29, 0.717) is 19.4 Å². The van der Waals surface area contributed by atoms with Gasteiger partial charge < -0.3 is 9.84 Å².